The molecular formula is C13H14ClN3S. The molecule has 0 aliphatic carbocycles. The Morgan fingerprint density at radius 1 is 1.17 bits per heavy atom. The van der Waals surface area contributed by atoms with E-state index in [1.54, 1.807) is 11.8 Å². The Morgan fingerprint density at radius 2 is 1.89 bits per heavy atom. The summed E-state index contributed by atoms with van der Waals surface area (Å²) in [6.07, 6.45) is 4.47. The minimum atomic E-state index is 0.621. The third-order valence-corrected chi connectivity index (χ3v) is 3.72. The third-order valence-electron chi connectivity index (χ3n) is 2.43. The molecule has 94 valence electrons. The van der Waals surface area contributed by atoms with Gasteiger partial charge in [-0.15, -0.1) is 0 Å². The number of halogens is 1. The molecule has 0 saturated heterocycles. The maximum atomic E-state index is 6.09. The van der Waals surface area contributed by atoms with E-state index in [4.69, 9.17) is 17.3 Å². The molecule has 0 saturated carbocycles. The van der Waals surface area contributed by atoms with Crippen molar-refractivity contribution in [2.24, 2.45) is 5.73 Å². The smallest absolute Gasteiger partial charge is 0.187 e. The molecule has 2 rings (SSSR count). The van der Waals surface area contributed by atoms with Gasteiger partial charge in [0, 0.05) is 23.2 Å². The first-order valence-electron chi connectivity index (χ1n) is 5.67. The van der Waals surface area contributed by atoms with Gasteiger partial charge < -0.3 is 5.73 Å². The molecule has 2 aromatic rings. The van der Waals surface area contributed by atoms with E-state index in [2.05, 4.69) is 9.97 Å². The van der Waals surface area contributed by atoms with E-state index in [0.29, 0.717) is 6.54 Å². The first-order valence-corrected chi connectivity index (χ1v) is 7.03. The van der Waals surface area contributed by atoms with Crippen molar-refractivity contribution in [2.45, 2.75) is 17.3 Å². The Hall–Kier alpha value is -1.10. The maximum Gasteiger partial charge on any atom is 0.187 e. The van der Waals surface area contributed by atoms with Crippen molar-refractivity contribution in [3.05, 3.63) is 52.8 Å². The van der Waals surface area contributed by atoms with Crippen LogP contribution in [0.3, 0.4) is 0 Å². The topological polar surface area (TPSA) is 51.8 Å². The Bertz CT molecular complexity index is 502. The number of hydrogen-bond donors (Lipinski definition) is 1. The molecule has 3 nitrogen and oxygen atoms in total. The fraction of sp³-hybridized carbons (Fsp3) is 0.231. The summed E-state index contributed by atoms with van der Waals surface area (Å²) in [4.78, 5) is 8.59. The van der Waals surface area contributed by atoms with E-state index in [1.165, 1.54) is 0 Å². The molecule has 0 fully saturated rings. The molecule has 2 N–H and O–H groups in total. The van der Waals surface area contributed by atoms with Gasteiger partial charge in [0.1, 0.15) is 0 Å². The number of thioether (sulfide) groups is 1. The lowest BCUT2D eigenvalue weighted by molar-refractivity contribution is 0.890. The van der Waals surface area contributed by atoms with E-state index in [0.717, 1.165) is 33.5 Å². The Balaban J connectivity index is 1.96. The Labute approximate surface area is 116 Å². The average Bonchev–Trinajstić information content (AvgIpc) is 2.40. The monoisotopic (exact) mass is 279 g/mol. The highest BCUT2D eigenvalue weighted by Crippen LogP contribution is 2.24. The van der Waals surface area contributed by atoms with Gasteiger partial charge in [-0.3, -0.25) is 0 Å². The van der Waals surface area contributed by atoms with Crippen LogP contribution >= 0.6 is 23.4 Å². The lowest BCUT2D eigenvalue weighted by atomic mass is 10.2. The molecule has 0 atom stereocenters. The molecule has 0 aliphatic heterocycles. The van der Waals surface area contributed by atoms with Crippen molar-refractivity contribution < 1.29 is 0 Å². The molecule has 5 heteroatoms. The summed E-state index contributed by atoms with van der Waals surface area (Å²) in [5, 5.41) is 1.54. The predicted molar refractivity (Wildman–Crippen MR) is 75.8 cm³/mol. The molecule has 0 amide bonds. The molecule has 1 aromatic heterocycles. The van der Waals surface area contributed by atoms with Crippen molar-refractivity contribution in [3.8, 4) is 0 Å². The summed E-state index contributed by atoms with van der Waals surface area (Å²) in [5.74, 6) is 0.774. The Kier molecular flexibility index (Phi) is 4.99. The SMILES string of the molecule is NCCc1cnc(SCc2ccccc2Cl)nc1. The highest BCUT2D eigenvalue weighted by molar-refractivity contribution is 7.98. The van der Waals surface area contributed by atoms with Gasteiger partial charge in [-0.05, 0) is 30.2 Å². The van der Waals surface area contributed by atoms with Crippen molar-refractivity contribution in [1.29, 1.82) is 0 Å². The van der Waals surface area contributed by atoms with Crippen LogP contribution in [0.4, 0.5) is 0 Å². The second-order valence-corrected chi connectivity index (χ2v) is 5.14. The van der Waals surface area contributed by atoms with Crippen molar-refractivity contribution >= 4 is 23.4 Å². The van der Waals surface area contributed by atoms with Crippen LogP contribution < -0.4 is 5.73 Å². The van der Waals surface area contributed by atoms with Crippen LogP contribution in [0, 0.1) is 0 Å². The van der Waals surface area contributed by atoms with Gasteiger partial charge in [0.25, 0.3) is 0 Å². The summed E-state index contributed by atoms with van der Waals surface area (Å²) in [6, 6.07) is 7.81. The molecule has 0 unspecified atom stereocenters. The molecule has 0 aliphatic rings. The molecular weight excluding hydrogens is 266 g/mol. The summed E-state index contributed by atoms with van der Waals surface area (Å²) >= 11 is 7.67. The van der Waals surface area contributed by atoms with Crippen LogP contribution in [0.2, 0.25) is 5.02 Å². The van der Waals surface area contributed by atoms with Crippen LogP contribution in [0.25, 0.3) is 0 Å². The zero-order chi connectivity index (χ0) is 12.8. The van der Waals surface area contributed by atoms with Crippen LogP contribution in [0.15, 0.2) is 41.8 Å². The molecule has 0 spiro atoms. The zero-order valence-electron chi connectivity index (χ0n) is 9.84. The van der Waals surface area contributed by atoms with E-state index in [-0.39, 0.29) is 0 Å². The van der Waals surface area contributed by atoms with Crippen LogP contribution in [-0.4, -0.2) is 16.5 Å². The first-order chi connectivity index (χ1) is 8.79. The van der Waals surface area contributed by atoms with Crippen molar-refractivity contribution in [3.63, 3.8) is 0 Å². The minimum absolute atomic E-state index is 0.621. The summed E-state index contributed by atoms with van der Waals surface area (Å²) < 4.78 is 0. The quantitative estimate of drug-likeness (QED) is 0.675. The average molecular weight is 280 g/mol. The van der Waals surface area contributed by atoms with Gasteiger partial charge in [-0.2, -0.15) is 0 Å². The van der Waals surface area contributed by atoms with Gasteiger partial charge in [-0.1, -0.05) is 41.6 Å². The number of benzene rings is 1. The zero-order valence-corrected chi connectivity index (χ0v) is 11.4. The van der Waals surface area contributed by atoms with Crippen LogP contribution in [0.1, 0.15) is 11.1 Å². The van der Waals surface area contributed by atoms with Crippen LogP contribution in [0.5, 0.6) is 0 Å². The summed E-state index contributed by atoms with van der Waals surface area (Å²) in [7, 11) is 0. The Morgan fingerprint density at radius 3 is 2.56 bits per heavy atom. The number of hydrogen-bond acceptors (Lipinski definition) is 4. The van der Waals surface area contributed by atoms with Gasteiger partial charge in [0.2, 0.25) is 0 Å². The number of nitrogens with two attached hydrogens (primary N) is 1. The van der Waals surface area contributed by atoms with Crippen molar-refractivity contribution in [1.82, 2.24) is 9.97 Å². The van der Waals surface area contributed by atoms with E-state index < -0.39 is 0 Å². The minimum Gasteiger partial charge on any atom is -0.330 e. The van der Waals surface area contributed by atoms with E-state index in [9.17, 15) is 0 Å². The lowest BCUT2D eigenvalue weighted by Crippen LogP contribution is -2.03. The maximum absolute atomic E-state index is 6.09. The predicted octanol–water partition coefficient (Wildman–Crippen LogP) is 2.92. The second-order valence-electron chi connectivity index (χ2n) is 3.79. The fourth-order valence-electron chi connectivity index (χ4n) is 1.47. The highest BCUT2D eigenvalue weighted by atomic mass is 35.5. The van der Waals surface area contributed by atoms with Gasteiger partial charge in [-0.25, -0.2) is 9.97 Å². The fourth-order valence-corrected chi connectivity index (χ4v) is 2.54. The molecule has 18 heavy (non-hydrogen) atoms. The highest BCUT2D eigenvalue weighted by Gasteiger charge is 2.02. The first kappa shape index (κ1) is 13.3. The number of rotatable bonds is 5. The second kappa shape index (κ2) is 6.73. The van der Waals surface area contributed by atoms with Gasteiger partial charge in [0.15, 0.2) is 5.16 Å². The van der Waals surface area contributed by atoms with Crippen molar-refractivity contribution in [2.75, 3.05) is 6.54 Å². The number of nitrogens with zero attached hydrogens (tertiary/aromatic N) is 2. The standard InChI is InChI=1S/C13H14ClN3S/c14-12-4-2-1-3-11(12)9-18-13-16-7-10(5-6-15)8-17-13/h1-4,7-8H,5-6,9,15H2. The van der Waals surface area contributed by atoms with E-state index >= 15 is 0 Å². The largest absolute Gasteiger partial charge is 0.330 e. The summed E-state index contributed by atoms with van der Waals surface area (Å²) in [6.45, 7) is 0.621. The summed E-state index contributed by atoms with van der Waals surface area (Å²) in [5.41, 5.74) is 7.64. The van der Waals surface area contributed by atoms with E-state index in [1.807, 2.05) is 36.7 Å². The lowest BCUT2D eigenvalue weighted by Gasteiger charge is -2.03. The molecule has 0 radical (unpaired) electrons. The molecule has 0 bridgehead atoms. The van der Waals surface area contributed by atoms with Crippen LogP contribution in [-0.2, 0) is 12.2 Å². The number of aromatic nitrogens is 2. The molecule has 1 aromatic carbocycles. The van der Waals surface area contributed by atoms with Gasteiger partial charge in [0.05, 0.1) is 0 Å². The normalized spacial score (nSPS) is 10.6. The third kappa shape index (κ3) is 3.70. The van der Waals surface area contributed by atoms with Gasteiger partial charge >= 0.3 is 0 Å². The molecule has 1 heterocycles.